The Balaban J connectivity index is 2.15. The summed E-state index contributed by atoms with van der Waals surface area (Å²) in [6.07, 6.45) is 0. The molecule has 0 bridgehead atoms. The Morgan fingerprint density at radius 2 is 2.16 bits per heavy atom. The number of aromatic nitrogens is 1. The van der Waals surface area contributed by atoms with Crippen molar-refractivity contribution in [2.24, 2.45) is 0 Å². The SMILES string of the molecule is O=C(O)c1nc(-c2cccs2)oc1-c1ccc(Cl)o1. The number of hydrogen-bond donors (Lipinski definition) is 1. The summed E-state index contributed by atoms with van der Waals surface area (Å²) in [6.45, 7) is 0. The predicted molar refractivity (Wildman–Crippen MR) is 69.5 cm³/mol. The molecule has 0 fully saturated rings. The Hall–Kier alpha value is -2.05. The molecule has 3 aromatic heterocycles. The average molecular weight is 296 g/mol. The van der Waals surface area contributed by atoms with Gasteiger partial charge in [-0.2, -0.15) is 0 Å². The Bertz CT molecular complexity index is 729. The van der Waals surface area contributed by atoms with Crippen molar-refractivity contribution in [1.82, 2.24) is 4.98 Å². The highest BCUT2D eigenvalue weighted by Crippen LogP contribution is 2.33. The molecule has 0 aliphatic rings. The van der Waals surface area contributed by atoms with Crippen molar-refractivity contribution in [3.05, 3.63) is 40.6 Å². The first-order chi connectivity index (χ1) is 9.15. The quantitative estimate of drug-likeness (QED) is 0.790. The van der Waals surface area contributed by atoms with E-state index in [1.165, 1.54) is 23.5 Å². The number of halogens is 1. The van der Waals surface area contributed by atoms with Crippen LogP contribution in [0.4, 0.5) is 0 Å². The van der Waals surface area contributed by atoms with Crippen LogP contribution in [0.1, 0.15) is 10.5 Å². The topological polar surface area (TPSA) is 76.5 Å². The molecule has 0 aliphatic heterocycles. The number of furan rings is 1. The van der Waals surface area contributed by atoms with E-state index in [2.05, 4.69) is 4.98 Å². The first-order valence-electron chi connectivity index (χ1n) is 5.19. The summed E-state index contributed by atoms with van der Waals surface area (Å²) >= 11 is 7.08. The molecule has 3 rings (SSSR count). The van der Waals surface area contributed by atoms with Crippen LogP contribution in [0, 0.1) is 0 Å². The third kappa shape index (κ3) is 2.16. The fraction of sp³-hybridized carbons (Fsp3) is 0. The highest BCUT2D eigenvalue weighted by atomic mass is 35.5. The van der Waals surface area contributed by atoms with E-state index in [4.69, 9.17) is 25.5 Å². The maximum atomic E-state index is 11.2. The van der Waals surface area contributed by atoms with Gasteiger partial charge in [0.25, 0.3) is 0 Å². The Morgan fingerprint density at radius 1 is 1.32 bits per heavy atom. The number of thiophene rings is 1. The van der Waals surface area contributed by atoms with Gasteiger partial charge in [-0.3, -0.25) is 0 Å². The molecule has 19 heavy (non-hydrogen) atoms. The summed E-state index contributed by atoms with van der Waals surface area (Å²) in [6, 6.07) is 6.67. The molecule has 0 saturated carbocycles. The lowest BCUT2D eigenvalue weighted by molar-refractivity contribution is 0.0691. The lowest BCUT2D eigenvalue weighted by atomic mass is 10.3. The fourth-order valence-corrected chi connectivity index (χ4v) is 2.37. The van der Waals surface area contributed by atoms with Crippen molar-refractivity contribution < 1.29 is 18.7 Å². The van der Waals surface area contributed by atoms with Crippen molar-refractivity contribution in [3.63, 3.8) is 0 Å². The van der Waals surface area contributed by atoms with Gasteiger partial charge in [0, 0.05) is 0 Å². The summed E-state index contributed by atoms with van der Waals surface area (Å²) < 4.78 is 10.6. The average Bonchev–Trinajstić information content (AvgIpc) is 3.07. The molecular formula is C12H6ClNO4S. The van der Waals surface area contributed by atoms with Crippen LogP contribution in [0.25, 0.3) is 22.3 Å². The van der Waals surface area contributed by atoms with Gasteiger partial charge in [0.05, 0.1) is 4.88 Å². The molecule has 1 N–H and O–H groups in total. The van der Waals surface area contributed by atoms with E-state index in [9.17, 15) is 4.79 Å². The van der Waals surface area contributed by atoms with Gasteiger partial charge in [0.2, 0.25) is 11.7 Å². The summed E-state index contributed by atoms with van der Waals surface area (Å²) in [5, 5.41) is 11.2. The molecule has 7 heteroatoms. The number of nitrogens with zero attached hydrogens (tertiary/aromatic N) is 1. The second-order valence-corrected chi connectivity index (χ2v) is 4.90. The standard InChI is InChI=1S/C12H6ClNO4S/c13-8-4-3-6(17-8)10-9(12(15)16)14-11(18-10)7-2-1-5-19-7/h1-5H,(H,15,16). The van der Waals surface area contributed by atoms with Gasteiger partial charge in [-0.15, -0.1) is 11.3 Å². The van der Waals surface area contributed by atoms with Crippen molar-refractivity contribution in [3.8, 4) is 22.3 Å². The van der Waals surface area contributed by atoms with Gasteiger partial charge < -0.3 is 13.9 Å². The molecule has 0 radical (unpaired) electrons. The largest absolute Gasteiger partial charge is 0.476 e. The molecule has 0 aromatic carbocycles. The molecule has 5 nitrogen and oxygen atoms in total. The number of carboxylic acid groups (broad SMARTS) is 1. The second kappa shape index (κ2) is 4.56. The van der Waals surface area contributed by atoms with E-state index in [-0.39, 0.29) is 28.3 Å². The monoisotopic (exact) mass is 295 g/mol. The predicted octanol–water partition coefficient (Wildman–Crippen LogP) is 4.01. The van der Waals surface area contributed by atoms with Gasteiger partial charge in [0.15, 0.2) is 16.7 Å². The van der Waals surface area contributed by atoms with Gasteiger partial charge in [-0.1, -0.05) is 6.07 Å². The summed E-state index contributed by atoms with van der Waals surface area (Å²) in [7, 11) is 0. The Kier molecular flexibility index (Phi) is 2.88. The Morgan fingerprint density at radius 3 is 2.74 bits per heavy atom. The minimum absolute atomic E-state index is 0.0581. The highest BCUT2D eigenvalue weighted by molar-refractivity contribution is 7.13. The van der Waals surface area contributed by atoms with Crippen LogP contribution in [0.3, 0.4) is 0 Å². The van der Waals surface area contributed by atoms with E-state index < -0.39 is 5.97 Å². The van der Waals surface area contributed by atoms with Crippen molar-refractivity contribution in [1.29, 1.82) is 0 Å². The minimum atomic E-state index is -1.19. The molecule has 3 aromatic rings. The van der Waals surface area contributed by atoms with Crippen LogP contribution in [0.2, 0.25) is 5.22 Å². The number of carboxylic acids is 1. The van der Waals surface area contributed by atoms with Crippen LogP contribution < -0.4 is 0 Å². The lowest BCUT2D eigenvalue weighted by Crippen LogP contribution is -1.98. The van der Waals surface area contributed by atoms with Crippen molar-refractivity contribution in [2.75, 3.05) is 0 Å². The van der Waals surface area contributed by atoms with E-state index in [1.807, 2.05) is 11.4 Å². The van der Waals surface area contributed by atoms with Gasteiger partial charge in [0.1, 0.15) is 0 Å². The number of rotatable bonds is 3. The molecule has 0 atom stereocenters. The van der Waals surface area contributed by atoms with Crippen LogP contribution >= 0.6 is 22.9 Å². The maximum Gasteiger partial charge on any atom is 0.358 e. The number of oxazole rings is 1. The van der Waals surface area contributed by atoms with Crippen LogP contribution in [0.5, 0.6) is 0 Å². The number of carbonyl (C=O) groups is 1. The molecule has 0 amide bonds. The Labute approximate surface area is 116 Å². The third-order valence-electron chi connectivity index (χ3n) is 2.36. The smallest absolute Gasteiger partial charge is 0.358 e. The van der Waals surface area contributed by atoms with E-state index in [0.717, 1.165) is 4.88 Å². The zero-order chi connectivity index (χ0) is 13.4. The van der Waals surface area contributed by atoms with Crippen molar-refractivity contribution >= 4 is 28.9 Å². The minimum Gasteiger partial charge on any atom is -0.476 e. The van der Waals surface area contributed by atoms with Crippen LogP contribution in [-0.4, -0.2) is 16.1 Å². The summed E-state index contributed by atoms with van der Waals surface area (Å²) in [5.74, 6) is -0.649. The second-order valence-electron chi connectivity index (χ2n) is 3.58. The van der Waals surface area contributed by atoms with Gasteiger partial charge in [-0.05, 0) is 35.2 Å². The van der Waals surface area contributed by atoms with Gasteiger partial charge >= 0.3 is 5.97 Å². The molecule has 0 spiro atoms. The molecule has 3 heterocycles. The summed E-state index contributed by atoms with van der Waals surface area (Å²) in [5.41, 5.74) is -0.200. The van der Waals surface area contributed by atoms with Crippen molar-refractivity contribution in [2.45, 2.75) is 0 Å². The summed E-state index contributed by atoms with van der Waals surface area (Å²) in [4.78, 5) is 15.9. The van der Waals surface area contributed by atoms with E-state index in [1.54, 1.807) is 6.07 Å². The highest BCUT2D eigenvalue weighted by Gasteiger charge is 2.24. The van der Waals surface area contributed by atoms with E-state index >= 15 is 0 Å². The molecular weight excluding hydrogens is 290 g/mol. The lowest BCUT2D eigenvalue weighted by Gasteiger charge is -1.91. The van der Waals surface area contributed by atoms with Crippen LogP contribution in [-0.2, 0) is 0 Å². The third-order valence-corrected chi connectivity index (χ3v) is 3.42. The molecule has 0 unspecified atom stereocenters. The van der Waals surface area contributed by atoms with E-state index in [0.29, 0.717) is 0 Å². The first kappa shape index (κ1) is 12.0. The molecule has 96 valence electrons. The molecule has 0 aliphatic carbocycles. The van der Waals surface area contributed by atoms with Crippen LogP contribution in [0.15, 0.2) is 38.5 Å². The number of aromatic carboxylic acids is 1. The first-order valence-corrected chi connectivity index (χ1v) is 6.44. The zero-order valence-electron chi connectivity index (χ0n) is 9.29. The maximum absolute atomic E-state index is 11.2. The number of hydrogen-bond acceptors (Lipinski definition) is 5. The zero-order valence-corrected chi connectivity index (χ0v) is 10.9. The molecule has 0 saturated heterocycles. The fourth-order valence-electron chi connectivity index (χ4n) is 1.57. The van der Waals surface area contributed by atoms with Gasteiger partial charge in [-0.25, -0.2) is 9.78 Å². The normalized spacial score (nSPS) is 10.8.